The number of carboxylic acids is 1. The van der Waals surface area contributed by atoms with Crippen molar-refractivity contribution in [2.75, 3.05) is 6.26 Å². The molecule has 0 bridgehead atoms. The summed E-state index contributed by atoms with van der Waals surface area (Å²) >= 11 is 12.6. The minimum absolute atomic E-state index is 0.199. The molecule has 0 amide bonds. The summed E-state index contributed by atoms with van der Waals surface area (Å²) in [5, 5.41) is 10.4. The monoisotopic (exact) mass is 668 g/mol. The topological polar surface area (TPSA) is 98.5 Å². The van der Waals surface area contributed by atoms with Crippen LogP contribution >= 0.6 is 23.2 Å². The third-order valence-electron chi connectivity index (χ3n) is 7.37. The summed E-state index contributed by atoms with van der Waals surface area (Å²) in [6.07, 6.45) is 3.57. The predicted molar refractivity (Wildman–Crippen MR) is 180 cm³/mol. The zero-order valence-corrected chi connectivity index (χ0v) is 26.7. The van der Waals surface area contributed by atoms with Crippen LogP contribution in [0.1, 0.15) is 21.7 Å². The second-order valence-electron chi connectivity index (χ2n) is 10.6. The Morgan fingerprint density at radius 1 is 0.804 bits per heavy atom. The maximum atomic E-state index is 11.7. The van der Waals surface area contributed by atoms with Gasteiger partial charge in [0, 0.05) is 35.1 Å². The van der Waals surface area contributed by atoms with Gasteiger partial charge in [-0.2, -0.15) is 0 Å². The number of nitrogens with zero attached hydrogens (tertiary/aromatic N) is 2. The van der Waals surface area contributed by atoms with Crippen molar-refractivity contribution in [3.8, 4) is 39.6 Å². The van der Waals surface area contributed by atoms with Crippen LogP contribution in [0.15, 0.2) is 126 Å². The number of carbonyl (C=O) groups is 1. The molecule has 0 unspecified atom stereocenters. The van der Waals surface area contributed by atoms with Crippen LogP contribution in [0.5, 0.6) is 11.5 Å². The van der Waals surface area contributed by atoms with E-state index in [0.29, 0.717) is 33.7 Å². The Bertz CT molecular complexity index is 2140. The van der Waals surface area contributed by atoms with E-state index in [1.807, 2.05) is 65.4 Å². The van der Waals surface area contributed by atoms with Crippen LogP contribution in [-0.4, -0.2) is 35.3 Å². The molecule has 5 aromatic carbocycles. The van der Waals surface area contributed by atoms with E-state index in [1.54, 1.807) is 48.5 Å². The summed E-state index contributed by atoms with van der Waals surface area (Å²) in [7, 11) is -3.27. The lowest BCUT2D eigenvalue weighted by Gasteiger charge is -2.10. The summed E-state index contributed by atoms with van der Waals surface area (Å²) in [6, 6.07) is 34.0. The van der Waals surface area contributed by atoms with Crippen LogP contribution in [0.3, 0.4) is 0 Å². The second kappa shape index (κ2) is 12.8. The number of benzene rings is 5. The largest absolute Gasteiger partial charge is 0.478 e. The molecule has 0 aliphatic heterocycles. The molecule has 6 aromatic rings. The van der Waals surface area contributed by atoms with Gasteiger partial charge in [-0.25, -0.2) is 18.2 Å². The number of sulfone groups is 1. The van der Waals surface area contributed by atoms with Gasteiger partial charge < -0.3 is 14.4 Å². The zero-order chi connectivity index (χ0) is 32.4. The smallest absolute Gasteiger partial charge is 0.335 e. The molecule has 0 aliphatic rings. The lowest BCUT2D eigenvalue weighted by molar-refractivity contribution is 0.0697. The van der Waals surface area contributed by atoms with Crippen LogP contribution in [0, 0.1) is 0 Å². The Kier molecular flexibility index (Phi) is 8.69. The first-order chi connectivity index (χ1) is 22.0. The van der Waals surface area contributed by atoms with Crippen LogP contribution in [0.4, 0.5) is 0 Å². The Hall–Kier alpha value is -4.89. The van der Waals surface area contributed by atoms with Crippen LogP contribution in [0.2, 0.25) is 10.0 Å². The number of hydrogen-bond acceptors (Lipinski definition) is 5. The maximum Gasteiger partial charge on any atom is 0.335 e. The van der Waals surface area contributed by atoms with Crippen molar-refractivity contribution in [2.24, 2.45) is 0 Å². The van der Waals surface area contributed by atoms with Crippen molar-refractivity contribution >= 4 is 39.0 Å². The van der Waals surface area contributed by atoms with E-state index in [2.05, 4.69) is 0 Å². The first-order valence-corrected chi connectivity index (χ1v) is 16.7. The van der Waals surface area contributed by atoms with Crippen molar-refractivity contribution in [1.82, 2.24) is 9.55 Å². The van der Waals surface area contributed by atoms with Gasteiger partial charge in [0.15, 0.2) is 9.84 Å². The van der Waals surface area contributed by atoms with Gasteiger partial charge in [-0.3, -0.25) is 0 Å². The molecule has 0 spiro atoms. The van der Waals surface area contributed by atoms with Gasteiger partial charge in [-0.15, -0.1) is 0 Å². The van der Waals surface area contributed by atoms with E-state index in [0.717, 1.165) is 33.8 Å². The average Bonchev–Trinajstić information content (AvgIpc) is 3.45. The molecular formula is C36H26Cl2N2O5S. The highest BCUT2D eigenvalue weighted by atomic mass is 35.5. The molecule has 1 N–H and O–H groups in total. The van der Waals surface area contributed by atoms with E-state index in [4.69, 9.17) is 32.9 Å². The van der Waals surface area contributed by atoms with Crippen LogP contribution in [0.25, 0.3) is 28.1 Å². The van der Waals surface area contributed by atoms with E-state index in [1.165, 1.54) is 18.4 Å². The molecule has 0 aliphatic carbocycles. The molecule has 7 nitrogen and oxygen atoms in total. The quantitative estimate of drug-likeness (QED) is 0.165. The average molecular weight is 670 g/mol. The molecule has 46 heavy (non-hydrogen) atoms. The first-order valence-electron chi connectivity index (χ1n) is 14.1. The van der Waals surface area contributed by atoms with Gasteiger partial charge >= 0.3 is 5.97 Å². The van der Waals surface area contributed by atoms with Gasteiger partial charge in [-0.1, -0.05) is 59.6 Å². The summed E-state index contributed by atoms with van der Waals surface area (Å²) in [6.45, 7) is 0. The van der Waals surface area contributed by atoms with E-state index < -0.39 is 15.8 Å². The molecule has 0 saturated carbocycles. The molecule has 230 valence electrons. The van der Waals surface area contributed by atoms with E-state index in [9.17, 15) is 18.3 Å². The molecule has 0 fully saturated rings. The number of aromatic carboxylic acids is 1. The molecule has 1 aromatic heterocycles. The third kappa shape index (κ3) is 7.00. The minimum Gasteiger partial charge on any atom is -0.478 e. The Morgan fingerprint density at radius 3 is 1.96 bits per heavy atom. The van der Waals surface area contributed by atoms with E-state index in [-0.39, 0.29) is 10.5 Å². The highest BCUT2D eigenvalue weighted by molar-refractivity contribution is 7.90. The number of imidazole rings is 1. The molecule has 1 heterocycles. The Balaban J connectivity index is 1.22. The molecule has 0 radical (unpaired) electrons. The van der Waals surface area contributed by atoms with Crippen molar-refractivity contribution in [2.45, 2.75) is 11.3 Å². The van der Waals surface area contributed by atoms with Crippen molar-refractivity contribution in [3.63, 3.8) is 0 Å². The number of carboxylic acid groups (broad SMARTS) is 1. The fourth-order valence-electron chi connectivity index (χ4n) is 4.96. The number of aromatic nitrogens is 2. The number of ether oxygens (including phenoxy) is 1. The second-order valence-corrected chi connectivity index (χ2v) is 13.5. The van der Waals surface area contributed by atoms with Gasteiger partial charge in [-0.05, 0) is 95.6 Å². The Labute approximate surface area is 276 Å². The minimum atomic E-state index is -3.27. The SMILES string of the molecule is CS(=O)(=O)c1ccc(Oc2ccc(-c3ccc(Cc4nc(-c5ccc(Cl)cc5Cl)cn4-c4ccc(C(=O)O)cc4)cc3)cc2)cc1. The number of halogens is 2. The fourth-order valence-corrected chi connectivity index (χ4v) is 6.10. The van der Waals surface area contributed by atoms with E-state index >= 15 is 0 Å². The maximum absolute atomic E-state index is 11.7. The highest BCUT2D eigenvalue weighted by Crippen LogP contribution is 2.32. The lowest BCUT2D eigenvalue weighted by Crippen LogP contribution is -2.03. The molecular weight excluding hydrogens is 643 g/mol. The fraction of sp³-hybridized carbons (Fsp3) is 0.0556. The summed E-state index contributed by atoms with van der Waals surface area (Å²) in [5.74, 6) is 0.937. The number of rotatable bonds is 9. The van der Waals surface area contributed by atoms with Gasteiger partial charge in [0.25, 0.3) is 0 Å². The molecule has 6 rings (SSSR count). The lowest BCUT2D eigenvalue weighted by atomic mass is 10.0. The third-order valence-corrected chi connectivity index (χ3v) is 9.05. The zero-order valence-electron chi connectivity index (χ0n) is 24.4. The standard InChI is InChI=1S/C36H26Cl2N2O5S/c1-46(43,44)31-17-15-30(16-18-31)45-29-13-8-25(9-14-29)24-4-2-23(3-5-24)20-35-39-34(32-19-10-27(37)21-33(32)38)22-40(35)28-11-6-26(7-12-28)36(41)42/h2-19,21-22H,20H2,1H3,(H,41,42). The first kappa shape index (κ1) is 31.1. The summed E-state index contributed by atoms with van der Waals surface area (Å²) < 4.78 is 31.2. The molecule has 0 saturated heterocycles. The van der Waals surface area contributed by atoms with Gasteiger partial charge in [0.05, 0.1) is 21.2 Å². The normalized spacial score (nSPS) is 11.4. The van der Waals surface area contributed by atoms with Crippen LogP contribution < -0.4 is 4.74 Å². The molecule has 0 atom stereocenters. The van der Waals surface area contributed by atoms with Crippen molar-refractivity contribution < 1.29 is 23.1 Å². The van der Waals surface area contributed by atoms with Gasteiger partial charge in [0.1, 0.15) is 17.3 Å². The summed E-state index contributed by atoms with van der Waals surface area (Å²) in [4.78, 5) is 16.6. The predicted octanol–water partition coefficient (Wildman–Crippen LogP) is 9.00. The molecule has 10 heteroatoms. The highest BCUT2D eigenvalue weighted by Gasteiger charge is 2.15. The van der Waals surface area contributed by atoms with Crippen LogP contribution in [-0.2, 0) is 16.3 Å². The van der Waals surface area contributed by atoms with Gasteiger partial charge in [0.2, 0.25) is 0 Å². The van der Waals surface area contributed by atoms with Crippen molar-refractivity contribution in [1.29, 1.82) is 0 Å². The Morgan fingerprint density at radius 2 is 1.39 bits per heavy atom. The summed E-state index contributed by atoms with van der Waals surface area (Å²) in [5.41, 5.74) is 5.44. The van der Waals surface area contributed by atoms with Crippen molar-refractivity contribution in [3.05, 3.63) is 148 Å². The number of hydrogen-bond donors (Lipinski definition) is 1.